The maximum atomic E-state index is 11.9. The minimum Gasteiger partial charge on any atom is -1.00 e. The number of hydrogen-bond acceptors (Lipinski definition) is 4. The van der Waals surface area contributed by atoms with Crippen molar-refractivity contribution in [1.29, 1.82) is 0 Å². The molecule has 0 spiro atoms. The van der Waals surface area contributed by atoms with Crippen LogP contribution in [0.2, 0.25) is 0 Å². The largest absolute Gasteiger partial charge is 1.00 e. The Bertz CT molecular complexity index is 389. The third kappa shape index (κ3) is 19.4. The number of unbranched alkanes of at least 4 members (excludes halogenated alkanes) is 10. The second-order valence-electron chi connectivity index (χ2n) is 6.81. The van der Waals surface area contributed by atoms with Crippen molar-refractivity contribution < 1.29 is 47.8 Å². The molecule has 152 valence electrons. The van der Waals surface area contributed by atoms with E-state index in [0.29, 0.717) is 0 Å². The number of rotatable bonds is 19. The van der Waals surface area contributed by atoms with Crippen molar-refractivity contribution in [2.24, 2.45) is 0 Å². The van der Waals surface area contributed by atoms with Gasteiger partial charge in [0.15, 0.2) is 0 Å². The zero-order chi connectivity index (χ0) is 18.8. The Morgan fingerprint density at radius 1 is 0.846 bits per heavy atom. The molecule has 0 heterocycles. The smallest absolute Gasteiger partial charge is 1.00 e. The molecule has 0 fully saturated rings. The van der Waals surface area contributed by atoms with Crippen molar-refractivity contribution in [1.82, 2.24) is 0 Å². The van der Waals surface area contributed by atoms with E-state index in [0.717, 1.165) is 38.5 Å². The third-order valence-corrected chi connectivity index (χ3v) is 5.28. The van der Waals surface area contributed by atoms with Gasteiger partial charge in [-0.25, -0.2) is 8.37 Å². The molecule has 26 heavy (non-hydrogen) atoms. The molecule has 0 aromatic carbocycles. The second kappa shape index (κ2) is 20.3. The van der Waals surface area contributed by atoms with Crippen molar-refractivity contribution in [3.05, 3.63) is 12.7 Å². The summed E-state index contributed by atoms with van der Waals surface area (Å²) >= 11 is 0. The Kier molecular flexibility index (Phi) is 22.6. The SMILES string of the molecule is C=CCOS(=O)(=O)OC(CCCCCCCC)CCCCCCCC.[H-].[Na+]. The minimum atomic E-state index is -3.92. The third-order valence-electron chi connectivity index (χ3n) is 4.34. The molecular weight excluding hydrogens is 359 g/mol. The topological polar surface area (TPSA) is 52.6 Å². The molecule has 0 aliphatic carbocycles. The van der Waals surface area contributed by atoms with Crippen molar-refractivity contribution in [3.8, 4) is 0 Å². The molecule has 0 rings (SSSR count). The van der Waals surface area contributed by atoms with Crippen LogP contribution >= 0.6 is 0 Å². The summed E-state index contributed by atoms with van der Waals surface area (Å²) in [6.45, 7) is 7.84. The molecule has 0 amide bonds. The van der Waals surface area contributed by atoms with E-state index in [1.54, 1.807) is 0 Å². The van der Waals surface area contributed by atoms with Gasteiger partial charge < -0.3 is 1.43 Å². The van der Waals surface area contributed by atoms with Crippen LogP contribution in [0.25, 0.3) is 0 Å². The summed E-state index contributed by atoms with van der Waals surface area (Å²) in [5.41, 5.74) is 0. The first-order chi connectivity index (χ1) is 12.1. The average Bonchev–Trinajstić information content (AvgIpc) is 2.58. The zero-order valence-electron chi connectivity index (χ0n) is 18.5. The molecule has 0 aliphatic heterocycles. The molecule has 0 saturated heterocycles. The Balaban J connectivity index is -0.00000288. The van der Waals surface area contributed by atoms with E-state index < -0.39 is 10.4 Å². The minimum absolute atomic E-state index is 0. The Labute approximate surface area is 186 Å². The van der Waals surface area contributed by atoms with Gasteiger partial charge in [0.05, 0.1) is 12.7 Å². The quantitative estimate of drug-likeness (QED) is 0.189. The Morgan fingerprint density at radius 2 is 1.27 bits per heavy atom. The van der Waals surface area contributed by atoms with Crippen LogP contribution in [-0.4, -0.2) is 21.1 Å². The first-order valence-electron chi connectivity index (χ1n) is 10.2. The molecule has 0 unspecified atom stereocenters. The predicted molar refractivity (Wildman–Crippen MR) is 107 cm³/mol. The molecular formula is C20H41NaO4S. The molecule has 0 aromatic heterocycles. The van der Waals surface area contributed by atoms with Crippen LogP contribution in [0.15, 0.2) is 12.7 Å². The first kappa shape index (κ1) is 28.8. The van der Waals surface area contributed by atoms with Gasteiger partial charge in [-0.1, -0.05) is 97.0 Å². The zero-order valence-corrected chi connectivity index (χ0v) is 20.3. The molecule has 0 aromatic rings. The van der Waals surface area contributed by atoms with Gasteiger partial charge in [-0.2, -0.15) is 8.42 Å². The van der Waals surface area contributed by atoms with E-state index >= 15 is 0 Å². The standard InChI is InChI=1S/C20H40O4S.Na.H/c1-4-7-9-11-13-15-17-20(18-16-14-12-10-8-5-2)24-25(21,22)23-19-6-3;;/h6,20H,3-5,7-19H2,1-2H3;;/q;+1;-1. The van der Waals surface area contributed by atoms with Crippen LogP contribution in [-0.2, 0) is 18.8 Å². The van der Waals surface area contributed by atoms with Crippen LogP contribution in [0, 0.1) is 0 Å². The fraction of sp³-hybridized carbons (Fsp3) is 0.900. The van der Waals surface area contributed by atoms with Crippen molar-refractivity contribution in [2.45, 2.75) is 110 Å². The van der Waals surface area contributed by atoms with Crippen LogP contribution in [0.4, 0.5) is 0 Å². The van der Waals surface area contributed by atoms with E-state index in [2.05, 4.69) is 20.4 Å². The normalized spacial score (nSPS) is 11.5. The molecule has 0 bridgehead atoms. The molecule has 0 radical (unpaired) electrons. The monoisotopic (exact) mass is 400 g/mol. The van der Waals surface area contributed by atoms with Gasteiger partial charge in [-0.05, 0) is 12.8 Å². The fourth-order valence-electron chi connectivity index (χ4n) is 2.87. The van der Waals surface area contributed by atoms with Gasteiger partial charge in [0.1, 0.15) is 0 Å². The van der Waals surface area contributed by atoms with E-state index in [9.17, 15) is 8.42 Å². The summed E-state index contributed by atoms with van der Waals surface area (Å²) in [5, 5.41) is 0. The molecule has 0 saturated carbocycles. The van der Waals surface area contributed by atoms with Gasteiger partial charge in [-0.15, -0.1) is 6.58 Å². The Hall–Kier alpha value is 0.610. The van der Waals surface area contributed by atoms with Crippen molar-refractivity contribution in [2.75, 3.05) is 6.61 Å². The molecule has 4 nitrogen and oxygen atoms in total. The van der Waals surface area contributed by atoms with Crippen molar-refractivity contribution in [3.63, 3.8) is 0 Å². The van der Waals surface area contributed by atoms with Gasteiger partial charge in [0.2, 0.25) is 0 Å². The summed E-state index contributed by atoms with van der Waals surface area (Å²) in [7, 11) is -3.92. The van der Waals surface area contributed by atoms with Crippen LogP contribution in [0.1, 0.15) is 105 Å². The summed E-state index contributed by atoms with van der Waals surface area (Å²) in [6, 6.07) is 0. The molecule has 6 heteroatoms. The molecule has 0 atom stereocenters. The van der Waals surface area contributed by atoms with Gasteiger partial charge >= 0.3 is 40.0 Å². The summed E-state index contributed by atoms with van der Waals surface area (Å²) in [6.07, 6.45) is 17.1. The van der Waals surface area contributed by atoms with Crippen LogP contribution < -0.4 is 29.6 Å². The summed E-state index contributed by atoms with van der Waals surface area (Å²) in [4.78, 5) is 0. The summed E-state index contributed by atoms with van der Waals surface area (Å²) < 4.78 is 33.8. The number of hydrogen-bond donors (Lipinski definition) is 0. The predicted octanol–water partition coefficient (Wildman–Crippen LogP) is 3.44. The van der Waals surface area contributed by atoms with E-state index in [4.69, 9.17) is 8.37 Å². The summed E-state index contributed by atoms with van der Waals surface area (Å²) in [5.74, 6) is 0. The average molecular weight is 401 g/mol. The Morgan fingerprint density at radius 3 is 1.69 bits per heavy atom. The maximum Gasteiger partial charge on any atom is 1.00 e. The maximum absolute atomic E-state index is 11.9. The fourth-order valence-corrected chi connectivity index (χ4v) is 3.72. The van der Waals surface area contributed by atoms with Gasteiger partial charge in [0, 0.05) is 0 Å². The van der Waals surface area contributed by atoms with Crippen LogP contribution in [0.5, 0.6) is 0 Å². The van der Waals surface area contributed by atoms with Gasteiger partial charge in [-0.3, -0.25) is 0 Å². The van der Waals surface area contributed by atoms with E-state index in [1.807, 2.05) is 0 Å². The second-order valence-corrected chi connectivity index (χ2v) is 8.06. The van der Waals surface area contributed by atoms with E-state index in [-0.39, 0.29) is 43.7 Å². The van der Waals surface area contributed by atoms with E-state index in [1.165, 1.54) is 57.4 Å². The van der Waals surface area contributed by atoms with Crippen molar-refractivity contribution >= 4 is 10.4 Å². The molecule has 0 N–H and O–H groups in total. The first-order valence-corrected chi connectivity index (χ1v) is 11.6. The van der Waals surface area contributed by atoms with Crippen LogP contribution in [0.3, 0.4) is 0 Å². The van der Waals surface area contributed by atoms with Gasteiger partial charge in [0.25, 0.3) is 0 Å². The molecule has 0 aliphatic rings.